The van der Waals surface area contributed by atoms with E-state index >= 15 is 0 Å². The van der Waals surface area contributed by atoms with E-state index in [-0.39, 0.29) is 28.9 Å². The van der Waals surface area contributed by atoms with Gasteiger partial charge in [0.1, 0.15) is 5.82 Å². The van der Waals surface area contributed by atoms with Crippen molar-refractivity contribution >= 4 is 17.5 Å². The monoisotopic (exact) mass is 300 g/mol. The van der Waals surface area contributed by atoms with E-state index in [1.54, 1.807) is 6.07 Å². The van der Waals surface area contributed by atoms with Gasteiger partial charge in [0.25, 0.3) is 17.5 Å². The van der Waals surface area contributed by atoms with E-state index in [0.29, 0.717) is 0 Å². The topological polar surface area (TPSA) is 80.5 Å². The van der Waals surface area contributed by atoms with Gasteiger partial charge in [-0.2, -0.15) is 0 Å². The number of nitro groups is 1. The highest BCUT2D eigenvalue weighted by Crippen LogP contribution is 2.28. The van der Waals surface area contributed by atoms with Gasteiger partial charge in [0.15, 0.2) is 0 Å². The maximum atomic E-state index is 13.7. The second-order valence-electron chi connectivity index (χ2n) is 4.77. The van der Waals surface area contributed by atoms with Crippen LogP contribution in [0.4, 0.5) is 10.1 Å². The molecule has 2 aromatic carbocycles. The minimum atomic E-state index is -0.660. The lowest BCUT2D eigenvalue weighted by Gasteiger charge is -2.14. The maximum absolute atomic E-state index is 13.7. The zero-order valence-corrected chi connectivity index (χ0v) is 11.2. The zero-order valence-electron chi connectivity index (χ0n) is 11.2. The lowest BCUT2D eigenvalue weighted by atomic mass is 10.1. The van der Waals surface area contributed by atoms with Crippen LogP contribution < -0.4 is 0 Å². The number of fused-ring (bicyclic) bond motifs is 1. The molecular formula is C15H9FN2O4. The number of rotatable bonds is 3. The molecular weight excluding hydrogens is 291 g/mol. The van der Waals surface area contributed by atoms with Crippen molar-refractivity contribution in [1.82, 2.24) is 4.90 Å². The van der Waals surface area contributed by atoms with E-state index in [0.717, 1.165) is 17.0 Å². The van der Waals surface area contributed by atoms with Gasteiger partial charge in [-0.1, -0.05) is 18.2 Å². The Hall–Kier alpha value is -3.09. The second-order valence-corrected chi connectivity index (χ2v) is 4.77. The standard InChI is InChI=1S/C15H9FN2O4/c16-13-4-2-1-3-9(13)8-17-14(19)11-6-5-10(18(21)22)7-12(11)15(17)20/h1-7H,8H2. The molecule has 0 radical (unpaired) electrons. The van der Waals surface area contributed by atoms with Gasteiger partial charge in [0.2, 0.25) is 0 Å². The number of carbonyl (C=O) groups excluding carboxylic acids is 2. The van der Waals surface area contributed by atoms with Crippen molar-refractivity contribution in [2.45, 2.75) is 6.54 Å². The molecule has 6 nitrogen and oxygen atoms in total. The van der Waals surface area contributed by atoms with E-state index in [1.165, 1.54) is 24.3 Å². The quantitative estimate of drug-likeness (QED) is 0.495. The highest BCUT2D eigenvalue weighted by molar-refractivity contribution is 6.21. The number of hydrogen-bond donors (Lipinski definition) is 0. The Balaban J connectivity index is 1.96. The van der Waals surface area contributed by atoms with Crippen molar-refractivity contribution < 1.29 is 18.9 Å². The van der Waals surface area contributed by atoms with Crippen molar-refractivity contribution in [1.29, 1.82) is 0 Å². The average Bonchev–Trinajstić information content (AvgIpc) is 2.74. The first-order valence-electron chi connectivity index (χ1n) is 6.37. The molecule has 0 atom stereocenters. The molecule has 22 heavy (non-hydrogen) atoms. The predicted molar refractivity (Wildman–Crippen MR) is 73.7 cm³/mol. The Morgan fingerprint density at radius 1 is 1.05 bits per heavy atom. The van der Waals surface area contributed by atoms with E-state index in [1.807, 2.05) is 0 Å². The smallest absolute Gasteiger partial charge is 0.270 e. The molecule has 1 aliphatic heterocycles. The summed E-state index contributed by atoms with van der Waals surface area (Å²) in [5.41, 5.74) is -0.0124. The summed E-state index contributed by atoms with van der Waals surface area (Å²) in [7, 11) is 0. The zero-order chi connectivity index (χ0) is 15.9. The SMILES string of the molecule is O=C1c2ccc([N+](=O)[O-])cc2C(=O)N1Cc1ccccc1F. The van der Waals surface area contributed by atoms with Gasteiger partial charge >= 0.3 is 0 Å². The summed E-state index contributed by atoms with van der Waals surface area (Å²) in [5, 5.41) is 10.8. The third-order valence-corrected chi connectivity index (χ3v) is 3.45. The molecule has 2 amide bonds. The van der Waals surface area contributed by atoms with Crippen LogP contribution in [0.25, 0.3) is 0 Å². The molecule has 2 aromatic rings. The first kappa shape index (κ1) is 13.9. The summed E-state index contributed by atoms with van der Waals surface area (Å²) in [4.78, 5) is 35.5. The van der Waals surface area contributed by atoms with E-state index < -0.39 is 22.6 Å². The third-order valence-electron chi connectivity index (χ3n) is 3.45. The second kappa shape index (κ2) is 5.03. The number of non-ortho nitro benzene ring substituents is 1. The number of nitrogens with zero attached hydrogens (tertiary/aromatic N) is 2. The molecule has 0 saturated heterocycles. The van der Waals surface area contributed by atoms with Gasteiger partial charge in [-0.05, 0) is 12.1 Å². The normalized spacial score (nSPS) is 13.4. The molecule has 0 bridgehead atoms. The molecule has 1 heterocycles. The summed E-state index contributed by atoms with van der Waals surface area (Å²) < 4.78 is 13.7. The van der Waals surface area contributed by atoms with Crippen LogP contribution >= 0.6 is 0 Å². The number of amides is 2. The highest BCUT2D eigenvalue weighted by Gasteiger charge is 2.37. The summed E-state index contributed by atoms with van der Waals surface area (Å²) >= 11 is 0. The first-order valence-corrected chi connectivity index (χ1v) is 6.37. The molecule has 0 aromatic heterocycles. The summed E-state index contributed by atoms with van der Waals surface area (Å²) in [6, 6.07) is 9.29. The molecule has 0 saturated carbocycles. The molecule has 0 N–H and O–H groups in total. The molecule has 0 aliphatic carbocycles. The molecule has 7 heteroatoms. The maximum Gasteiger partial charge on any atom is 0.270 e. The van der Waals surface area contributed by atoms with Gasteiger partial charge in [-0.3, -0.25) is 24.6 Å². The van der Waals surface area contributed by atoms with Gasteiger partial charge in [0.05, 0.1) is 22.6 Å². The molecule has 3 rings (SSSR count). The Morgan fingerprint density at radius 3 is 2.41 bits per heavy atom. The first-order chi connectivity index (χ1) is 10.5. The van der Waals surface area contributed by atoms with E-state index in [4.69, 9.17) is 0 Å². The van der Waals surface area contributed by atoms with Crippen molar-refractivity contribution in [3.8, 4) is 0 Å². The fourth-order valence-corrected chi connectivity index (χ4v) is 2.33. The van der Waals surface area contributed by atoms with Gasteiger partial charge in [-0.25, -0.2) is 4.39 Å². The van der Waals surface area contributed by atoms with Crippen molar-refractivity contribution in [2.24, 2.45) is 0 Å². The number of carbonyl (C=O) groups is 2. The number of benzene rings is 2. The van der Waals surface area contributed by atoms with E-state index in [2.05, 4.69) is 0 Å². The third kappa shape index (κ3) is 2.12. The summed E-state index contributed by atoms with van der Waals surface area (Å²) in [6.45, 7) is -0.215. The number of halogens is 1. The lowest BCUT2D eigenvalue weighted by Crippen LogP contribution is -2.29. The van der Waals surface area contributed by atoms with Crippen LogP contribution in [0.3, 0.4) is 0 Å². The molecule has 1 aliphatic rings. The van der Waals surface area contributed by atoms with Crippen molar-refractivity contribution in [2.75, 3.05) is 0 Å². The molecule has 0 spiro atoms. The van der Waals surface area contributed by atoms with Crippen LogP contribution in [0, 0.1) is 15.9 Å². The minimum Gasteiger partial charge on any atom is -0.270 e. The predicted octanol–water partition coefficient (Wildman–Crippen LogP) is 2.53. The van der Waals surface area contributed by atoms with E-state index in [9.17, 15) is 24.1 Å². The minimum absolute atomic E-state index is 0.0319. The Bertz CT molecular complexity index is 819. The van der Waals surface area contributed by atoms with Crippen LogP contribution in [-0.2, 0) is 6.54 Å². The number of imide groups is 1. The Morgan fingerprint density at radius 2 is 1.73 bits per heavy atom. The number of hydrogen-bond acceptors (Lipinski definition) is 4. The molecule has 0 unspecified atom stereocenters. The van der Waals surface area contributed by atoms with Crippen LogP contribution in [0.5, 0.6) is 0 Å². The summed E-state index contributed by atoms with van der Waals surface area (Å²) in [5.74, 6) is -1.77. The number of nitro benzene ring substituents is 1. The average molecular weight is 300 g/mol. The molecule has 0 fully saturated rings. The largest absolute Gasteiger partial charge is 0.270 e. The van der Waals surface area contributed by atoms with Crippen LogP contribution in [0.1, 0.15) is 26.3 Å². The van der Waals surface area contributed by atoms with Crippen LogP contribution in [0.2, 0.25) is 0 Å². The van der Waals surface area contributed by atoms with Gasteiger partial charge in [-0.15, -0.1) is 0 Å². The van der Waals surface area contributed by atoms with Gasteiger partial charge < -0.3 is 0 Å². The van der Waals surface area contributed by atoms with Crippen molar-refractivity contribution in [3.05, 3.63) is 75.1 Å². The fourth-order valence-electron chi connectivity index (χ4n) is 2.33. The Kier molecular flexibility index (Phi) is 3.17. The van der Waals surface area contributed by atoms with Crippen molar-refractivity contribution in [3.63, 3.8) is 0 Å². The fraction of sp³-hybridized carbons (Fsp3) is 0.0667. The van der Waals surface area contributed by atoms with Crippen LogP contribution in [0.15, 0.2) is 42.5 Å². The van der Waals surface area contributed by atoms with Crippen LogP contribution in [-0.4, -0.2) is 21.6 Å². The summed E-state index contributed by atoms with van der Waals surface area (Å²) in [6.07, 6.45) is 0. The molecule has 110 valence electrons. The van der Waals surface area contributed by atoms with Gasteiger partial charge in [0, 0.05) is 17.7 Å². The highest BCUT2D eigenvalue weighted by atomic mass is 19.1. The lowest BCUT2D eigenvalue weighted by molar-refractivity contribution is -0.384. The Labute approximate surface area is 123 Å².